The van der Waals surface area contributed by atoms with Crippen LogP contribution in [0.15, 0.2) is 36.4 Å². The highest BCUT2D eigenvalue weighted by molar-refractivity contribution is 6.45. The van der Waals surface area contributed by atoms with E-state index in [2.05, 4.69) is 10.2 Å². The third kappa shape index (κ3) is 1.34. The first-order valence-electron chi connectivity index (χ1n) is 4.76. The summed E-state index contributed by atoms with van der Waals surface area (Å²) in [5.41, 5.74) is 1.50. The van der Waals surface area contributed by atoms with Gasteiger partial charge in [0, 0.05) is 10.8 Å². The number of benzene rings is 2. The van der Waals surface area contributed by atoms with E-state index in [1.165, 1.54) is 0 Å². The molecule has 0 fully saturated rings. The maximum Gasteiger partial charge on any atom is 0.114 e. The fourth-order valence-corrected chi connectivity index (χ4v) is 2.10. The van der Waals surface area contributed by atoms with Gasteiger partial charge in [-0.05, 0) is 12.1 Å². The standard InChI is InChI=1S/C12H6Cl2N2/c13-9-6-5-8-7-3-1-2-4-10(7)15-16-12(8)11(9)14/h1-6H. The molecule has 78 valence electrons. The van der Waals surface area contributed by atoms with E-state index in [4.69, 9.17) is 23.2 Å². The molecule has 1 heterocycles. The van der Waals surface area contributed by atoms with Crippen LogP contribution >= 0.6 is 23.2 Å². The Kier molecular flexibility index (Phi) is 2.20. The van der Waals surface area contributed by atoms with Crippen molar-refractivity contribution in [3.8, 4) is 0 Å². The van der Waals surface area contributed by atoms with Crippen LogP contribution in [0.5, 0.6) is 0 Å². The number of hydrogen-bond acceptors (Lipinski definition) is 2. The summed E-state index contributed by atoms with van der Waals surface area (Å²) < 4.78 is 0. The van der Waals surface area contributed by atoms with Crippen molar-refractivity contribution in [2.45, 2.75) is 0 Å². The summed E-state index contributed by atoms with van der Waals surface area (Å²) >= 11 is 12.0. The van der Waals surface area contributed by atoms with Crippen LogP contribution < -0.4 is 0 Å². The van der Waals surface area contributed by atoms with Crippen molar-refractivity contribution in [1.29, 1.82) is 0 Å². The minimum atomic E-state index is 0.456. The molecule has 0 N–H and O–H groups in total. The van der Waals surface area contributed by atoms with Crippen molar-refractivity contribution in [3.05, 3.63) is 46.4 Å². The minimum absolute atomic E-state index is 0.456. The second-order valence-corrected chi connectivity index (χ2v) is 4.26. The molecule has 1 aromatic heterocycles. The van der Waals surface area contributed by atoms with E-state index in [1.807, 2.05) is 30.3 Å². The van der Waals surface area contributed by atoms with Gasteiger partial charge in [0.2, 0.25) is 0 Å². The van der Waals surface area contributed by atoms with Gasteiger partial charge in [0.1, 0.15) is 5.52 Å². The Balaban J connectivity index is 2.58. The molecule has 0 amide bonds. The monoisotopic (exact) mass is 248 g/mol. The molecule has 0 spiro atoms. The lowest BCUT2D eigenvalue weighted by Crippen LogP contribution is -1.88. The molecule has 0 radical (unpaired) electrons. The van der Waals surface area contributed by atoms with Crippen LogP contribution in [-0.2, 0) is 0 Å². The number of aromatic nitrogens is 2. The smallest absolute Gasteiger partial charge is 0.114 e. The highest BCUT2D eigenvalue weighted by atomic mass is 35.5. The summed E-state index contributed by atoms with van der Waals surface area (Å²) in [5, 5.41) is 11.2. The Morgan fingerprint density at radius 2 is 1.62 bits per heavy atom. The van der Waals surface area contributed by atoms with E-state index >= 15 is 0 Å². The van der Waals surface area contributed by atoms with E-state index in [1.54, 1.807) is 6.07 Å². The van der Waals surface area contributed by atoms with Gasteiger partial charge in [0.05, 0.1) is 15.6 Å². The topological polar surface area (TPSA) is 25.8 Å². The van der Waals surface area contributed by atoms with Crippen molar-refractivity contribution in [1.82, 2.24) is 10.2 Å². The van der Waals surface area contributed by atoms with Gasteiger partial charge in [-0.15, -0.1) is 10.2 Å². The normalized spacial score (nSPS) is 11.1. The van der Waals surface area contributed by atoms with Crippen LogP contribution in [0.1, 0.15) is 0 Å². The van der Waals surface area contributed by atoms with Gasteiger partial charge < -0.3 is 0 Å². The minimum Gasteiger partial charge on any atom is -0.150 e. The van der Waals surface area contributed by atoms with E-state index in [-0.39, 0.29) is 0 Å². The lowest BCUT2D eigenvalue weighted by Gasteiger charge is -2.04. The second-order valence-electron chi connectivity index (χ2n) is 3.47. The van der Waals surface area contributed by atoms with Crippen LogP contribution in [0.3, 0.4) is 0 Å². The molecule has 3 rings (SSSR count). The zero-order valence-corrected chi connectivity index (χ0v) is 9.63. The van der Waals surface area contributed by atoms with Gasteiger partial charge in [-0.2, -0.15) is 0 Å². The average molecular weight is 249 g/mol. The Morgan fingerprint density at radius 3 is 2.50 bits per heavy atom. The average Bonchev–Trinajstić information content (AvgIpc) is 2.33. The number of halogens is 2. The van der Waals surface area contributed by atoms with Gasteiger partial charge in [-0.3, -0.25) is 0 Å². The summed E-state index contributed by atoms with van der Waals surface area (Å²) in [6, 6.07) is 11.5. The zero-order chi connectivity index (χ0) is 11.1. The molecule has 2 aromatic carbocycles. The predicted octanol–water partition coefficient (Wildman–Crippen LogP) is 4.09. The van der Waals surface area contributed by atoms with Crippen molar-refractivity contribution in [2.24, 2.45) is 0 Å². The van der Waals surface area contributed by atoms with Crippen molar-refractivity contribution in [3.63, 3.8) is 0 Å². The van der Waals surface area contributed by atoms with Gasteiger partial charge in [-0.1, -0.05) is 47.5 Å². The molecule has 0 aliphatic rings. The summed E-state index contributed by atoms with van der Waals surface area (Å²) in [6.07, 6.45) is 0. The van der Waals surface area contributed by atoms with Crippen molar-refractivity contribution < 1.29 is 0 Å². The molecule has 0 aliphatic carbocycles. The van der Waals surface area contributed by atoms with Crippen LogP contribution in [0.2, 0.25) is 10.0 Å². The van der Waals surface area contributed by atoms with Crippen molar-refractivity contribution in [2.75, 3.05) is 0 Å². The molecule has 2 nitrogen and oxygen atoms in total. The molecule has 0 aliphatic heterocycles. The van der Waals surface area contributed by atoms with Crippen LogP contribution in [-0.4, -0.2) is 10.2 Å². The molecule has 4 heteroatoms. The predicted molar refractivity (Wildman–Crippen MR) is 67.1 cm³/mol. The van der Waals surface area contributed by atoms with Crippen LogP contribution in [0.25, 0.3) is 21.8 Å². The fourth-order valence-electron chi connectivity index (χ4n) is 1.75. The van der Waals surface area contributed by atoms with E-state index in [0.717, 1.165) is 16.3 Å². The highest BCUT2D eigenvalue weighted by Crippen LogP contribution is 2.31. The lowest BCUT2D eigenvalue weighted by molar-refractivity contribution is 1.12. The summed E-state index contributed by atoms with van der Waals surface area (Å²) in [6.45, 7) is 0. The van der Waals surface area contributed by atoms with Crippen molar-refractivity contribution >= 4 is 45.0 Å². The Bertz CT molecular complexity index is 695. The molecule has 0 bridgehead atoms. The Labute approximate surface area is 102 Å². The largest absolute Gasteiger partial charge is 0.150 e. The second kappa shape index (κ2) is 3.58. The number of rotatable bonds is 0. The Morgan fingerprint density at radius 1 is 0.812 bits per heavy atom. The van der Waals surface area contributed by atoms with Gasteiger partial charge in [0.15, 0.2) is 0 Å². The first kappa shape index (κ1) is 9.82. The first-order chi connectivity index (χ1) is 7.77. The quantitative estimate of drug-likeness (QED) is 0.561. The molecular formula is C12H6Cl2N2. The lowest BCUT2D eigenvalue weighted by atomic mass is 10.1. The first-order valence-corrected chi connectivity index (χ1v) is 5.52. The third-order valence-corrected chi connectivity index (χ3v) is 3.32. The van der Waals surface area contributed by atoms with Gasteiger partial charge in [-0.25, -0.2) is 0 Å². The number of nitrogens with zero attached hydrogens (tertiary/aromatic N) is 2. The SMILES string of the molecule is Clc1ccc2c(nnc3ccccc32)c1Cl. The zero-order valence-electron chi connectivity index (χ0n) is 8.11. The molecule has 0 atom stereocenters. The summed E-state index contributed by atoms with van der Waals surface area (Å²) in [4.78, 5) is 0. The third-order valence-electron chi connectivity index (χ3n) is 2.52. The maximum atomic E-state index is 6.09. The van der Waals surface area contributed by atoms with Crippen LogP contribution in [0, 0.1) is 0 Å². The Hall–Kier alpha value is -1.38. The van der Waals surface area contributed by atoms with Gasteiger partial charge in [0.25, 0.3) is 0 Å². The maximum absolute atomic E-state index is 6.09. The van der Waals surface area contributed by atoms with E-state index in [9.17, 15) is 0 Å². The summed E-state index contributed by atoms with van der Waals surface area (Å²) in [5.74, 6) is 0. The molecule has 16 heavy (non-hydrogen) atoms. The molecule has 3 aromatic rings. The van der Waals surface area contributed by atoms with Crippen LogP contribution in [0.4, 0.5) is 0 Å². The van der Waals surface area contributed by atoms with Gasteiger partial charge >= 0.3 is 0 Å². The highest BCUT2D eigenvalue weighted by Gasteiger charge is 2.08. The molecule has 0 saturated carbocycles. The number of hydrogen-bond donors (Lipinski definition) is 0. The molecule has 0 unspecified atom stereocenters. The molecule has 0 saturated heterocycles. The van der Waals surface area contributed by atoms with E-state index in [0.29, 0.717) is 15.6 Å². The fraction of sp³-hybridized carbons (Fsp3) is 0. The summed E-state index contributed by atoms with van der Waals surface area (Å²) in [7, 11) is 0. The number of fused-ring (bicyclic) bond motifs is 3. The molecular weight excluding hydrogens is 243 g/mol. The van der Waals surface area contributed by atoms with E-state index < -0.39 is 0 Å².